The van der Waals surface area contributed by atoms with E-state index in [0.717, 1.165) is 31.4 Å². The molecule has 1 aromatic rings. The number of thioether (sulfide) groups is 1. The zero-order chi connectivity index (χ0) is 13.0. The molecule has 100 valence electrons. The molecule has 0 aliphatic heterocycles. The van der Waals surface area contributed by atoms with Gasteiger partial charge in [0.05, 0.1) is 0 Å². The van der Waals surface area contributed by atoms with E-state index in [0.29, 0.717) is 28.7 Å². The molecule has 1 aliphatic rings. The smallest absolute Gasteiger partial charge is 0.288 e. The van der Waals surface area contributed by atoms with Gasteiger partial charge in [0.1, 0.15) is 0 Å². The second kappa shape index (κ2) is 6.38. The van der Waals surface area contributed by atoms with Crippen molar-refractivity contribution in [3.63, 3.8) is 0 Å². The van der Waals surface area contributed by atoms with Crippen LogP contribution in [0.25, 0.3) is 0 Å². The Morgan fingerprint density at radius 3 is 2.50 bits per heavy atom. The predicted octanol–water partition coefficient (Wildman–Crippen LogP) is 3.68. The summed E-state index contributed by atoms with van der Waals surface area (Å²) in [7, 11) is 0. The van der Waals surface area contributed by atoms with E-state index in [1.807, 2.05) is 12.1 Å². The van der Waals surface area contributed by atoms with Crippen molar-refractivity contribution in [1.82, 2.24) is 0 Å². The first-order chi connectivity index (χ1) is 8.65. The lowest BCUT2D eigenvalue weighted by atomic mass is 9.92. The van der Waals surface area contributed by atoms with Gasteiger partial charge in [-0.25, -0.2) is 0 Å². The lowest BCUT2D eigenvalue weighted by molar-refractivity contribution is 0.252. The van der Waals surface area contributed by atoms with Crippen molar-refractivity contribution in [2.75, 3.05) is 5.32 Å². The monoisotopic (exact) mass is 272 g/mol. The third kappa shape index (κ3) is 3.85. The largest absolute Gasteiger partial charge is 0.381 e. The lowest BCUT2D eigenvalue weighted by Gasteiger charge is -2.28. The minimum Gasteiger partial charge on any atom is -0.381 e. The maximum Gasteiger partial charge on any atom is 0.288 e. The van der Waals surface area contributed by atoms with Gasteiger partial charge in [-0.2, -0.15) is 8.78 Å². The van der Waals surface area contributed by atoms with Gasteiger partial charge in [-0.3, -0.25) is 0 Å². The van der Waals surface area contributed by atoms with Crippen molar-refractivity contribution in [3.05, 3.63) is 24.3 Å². The van der Waals surface area contributed by atoms with Crippen LogP contribution >= 0.6 is 11.8 Å². The highest BCUT2D eigenvalue weighted by Gasteiger charge is 2.19. The Morgan fingerprint density at radius 1 is 1.17 bits per heavy atom. The van der Waals surface area contributed by atoms with Crippen LogP contribution in [0.2, 0.25) is 0 Å². The molecule has 0 aromatic heterocycles. The fourth-order valence-electron chi connectivity index (χ4n) is 2.27. The number of benzene rings is 1. The maximum atomic E-state index is 12.4. The third-order valence-electron chi connectivity index (χ3n) is 3.23. The molecule has 0 bridgehead atoms. The highest BCUT2D eigenvalue weighted by Crippen LogP contribution is 2.33. The molecule has 0 amide bonds. The first-order valence-electron chi connectivity index (χ1n) is 6.21. The van der Waals surface area contributed by atoms with Crippen molar-refractivity contribution in [3.8, 4) is 0 Å². The van der Waals surface area contributed by atoms with Crippen molar-refractivity contribution in [1.29, 1.82) is 0 Å². The number of rotatable bonds is 4. The molecule has 1 fully saturated rings. The van der Waals surface area contributed by atoms with Crippen LogP contribution in [0.4, 0.5) is 14.5 Å². The molecule has 0 spiro atoms. The van der Waals surface area contributed by atoms with E-state index in [9.17, 15) is 8.78 Å². The lowest BCUT2D eigenvalue weighted by Crippen LogP contribution is -2.32. The van der Waals surface area contributed by atoms with E-state index in [1.165, 1.54) is 0 Å². The van der Waals surface area contributed by atoms with E-state index in [1.54, 1.807) is 12.1 Å². The molecule has 0 saturated heterocycles. The fourth-order valence-corrected chi connectivity index (χ4v) is 2.87. The number of alkyl halides is 2. The number of nitrogens with one attached hydrogen (secondary N) is 1. The van der Waals surface area contributed by atoms with E-state index in [-0.39, 0.29) is 0 Å². The molecule has 1 aliphatic carbocycles. The van der Waals surface area contributed by atoms with Gasteiger partial charge in [0.15, 0.2) is 0 Å². The molecule has 0 atom stereocenters. The third-order valence-corrected chi connectivity index (χ3v) is 4.02. The first kappa shape index (κ1) is 13.6. The molecule has 0 radical (unpaired) electrons. The molecule has 2 nitrogen and oxygen atoms in total. The van der Waals surface area contributed by atoms with Gasteiger partial charge in [-0.1, -0.05) is 23.9 Å². The van der Waals surface area contributed by atoms with Crippen LogP contribution in [0.3, 0.4) is 0 Å². The summed E-state index contributed by atoms with van der Waals surface area (Å²) in [6.07, 6.45) is 4.02. The zero-order valence-electron chi connectivity index (χ0n) is 10.1. The Labute approximate surface area is 110 Å². The summed E-state index contributed by atoms with van der Waals surface area (Å²) in [4.78, 5) is 0.613. The highest BCUT2D eigenvalue weighted by molar-refractivity contribution is 7.99. The first-order valence-corrected chi connectivity index (χ1v) is 7.09. The quantitative estimate of drug-likeness (QED) is 0.821. The number of hydrogen-bond acceptors (Lipinski definition) is 3. The minimum atomic E-state index is -2.38. The molecule has 2 rings (SSSR count). The van der Waals surface area contributed by atoms with Gasteiger partial charge in [0.25, 0.3) is 5.76 Å². The average Bonchev–Trinajstić information content (AvgIpc) is 2.34. The van der Waals surface area contributed by atoms with Crippen molar-refractivity contribution < 1.29 is 8.78 Å². The number of nitrogens with two attached hydrogens (primary N) is 1. The normalized spacial score (nSPS) is 24.2. The van der Waals surface area contributed by atoms with Crippen molar-refractivity contribution in [2.24, 2.45) is 5.73 Å². The van der Waals surface area contributed by atoms with E-state index in [4.69, 9.17) is 5.73 Å². The summed E-state index contributed by atoms with van der Waals surface area (Å²) in [5, 5.41) is 3.37. The topological polar surface area (TPSA) is 38.0 Å². The molecule has 0 heterocycles. The second-order valence-corrected chi connectivity index (χ2v) is 5.66. The number of halogens is 2. The number of anilines is 1. The summed E-state index contributed by atoms with van der Waals surface area (Å²) >= 11 is 0.594. The van der Waals surface area contributed by atoms with Gasteiger partial charge in [0.2, 0.25) is 0 Å². The zero-order valence-corrected chi connectivity index (χ0v) is 10.9. The average molecular weight is 272 g/mol. The van der Waals surface area contributed by atoms with Crippen molar-refractivity contribution >= 4 is 17.4 Å². The maximum absolute atomic E-state index is 12.4. The van der Waals surface area contributed by atoms with Crippen LogP contribution in [0.1, 0.15) is 25.7 Å². The summed E-state index contributed by atoms with van der Waals surface area (Å²) in [6, 6.07) is 7.89. The van der Waals surface area contributed by atoms with Crippen LogP contribution in [0.15, 0.2) is 29.2 Å². The number of para-hydroxylation sites is 1. The van der Waals surface area contributed by atoms with Gasteiger partial charge in [-0.15, -0.1) is 0 Å². The predicted molar refractivity (Wildman–Crippen MR) is 72.2 cm³/mol. The summed E-state index contributed by atoms with van der Waals surface area (Å²) in [5.74, 6) is -2.38. The van der Waals surface area contributed by atoms with Crippen LogP contribution in [0, 0.1) is 0 Å². The Hall–Kier alpha value is -0.810. The van der Waals surface area contributed by atoms with Gasteiger partial charge in [0, 0.05) is 22.7 Å². The van der Waals surface area contributed by atoms with Crippen LogP contribution in [-0.4, -0.2) is 17.8 Å². The van der Waals surface area contributed by atoms with E-state index >= 15 is 0 Å². The Balaban J connectivity index is 2.00. The molecule has 1 saturated carbocycles. The Bertz CT molecular complexity index is 379. The van der Waals surface area contributed by atoms with Crippen LogP contribution < -0.4 is 11.1 Å². The Kier molecular flexibility index (Phi) is 4.83. The van der Waals surface area contributed by atoms with Gasteiger partial charge >= 0.3 is 0 Å². The summed E-state index contributed by atoms with van der Waals surface area (Å²) < 4.78 is 24.9. The summed E-state index contributed by atoms with van der Waals surface area (Å²) in [5.41, 5.74) is 6.66. The standard InChI is InChI=1S/C13H18F2N2S/c14-13(15)18-12-4-2-1-3-11(12)17-10-7-5-9(16)6-8-10/h1-4,9-10,13,17H,5-8,16H2. The van der Waals surface area contributed by atoms with Gasteiger partial charge in [-0.05, 0) is 37.8 Å². The van der Waals surface area contributed by atoms with E-state index in [2.05, 4.69) is 5.32 Å². The molecular weight excluding hydrogens is 254 g/mol. The van der Waals surface area contributed by atoms with Crippen LogP contribution in [-0.2, 0) is 0 Å². The molecule has 1 aromatic carbocycles. The van der Waals surface area contributed by atoms with E-state index < -0.39 is 5.76 Å². The molecule has 3 N–H and O–H groups in total. The molecule has 0 unspecified atom stereocenters. The second-order valence-electron chi connectivity index (χ2n) is 4.63. The molecule has 5 heteroatoms. The van der Waals surface area contributed by atoms with Gasteiger partial charge < -0.3 is 11.1 Å². The molecular formula is C13H18F2N2S. The Morgan fingerprint density at radius 2 is 1.83 bits per heavy atom. The minimum absolute atomic E-state index is 0.300. The SMILES string of the molecule is NC1CCC(Nc2ccccc2SC(F)F)CC1. The van der Waals surface area contributed by atoms with Crippen molar-refractivity contribution in [2.45, 2.75) is 48.4 Å². The van der Waals surface area contributed by atoms with Crippen LogP contribution in [0.5, 0.6) is 0 Å². The highest BCUT2D eigenvalue weighted by atomic mass is 32.2. The number of hydrogen-bond donors (Lipinski definition) is 2. The fraction of sp³-hybridized carbons (Fsp3) is 0.538. The summed E-state index contributed by atoms with van der Waals surface area (Å²) in [6.45, 7) is 0. The molecule has 18 heavy (non-hydrogen) atoms.